The van der Waals surface area contributed by atoms with Crippen molar-refractivity contribution in [3.05, 3.63) is 29.8 Å². The van der Waals surface area contributed by atoms with E-state index >= 15 is 0 Å². The Balaban J connectivity index is 0.00000196. The van der Waals surface area contributed by atoms with Crippen LogP contribution in [0, 0.1) is 11.8 Å². The van der Waals surface area contributed by atoms with Gasteiger partial charge in [0.1, 0.15) is 0 Å². The number of rotatable bonds is 2. The maximum Gasteiger partial charge on any atom is 0.246 e. The maximum absolute atomic E-state index is 12.7. The Labute approximate surface area is 173 Å². The summed E-state index contributed by atoms with van der Waals surface area (Å²) in [6.07, 6.45) is 6.39. The number of anilines is 1. The molecule has 2 unspecified atom stereocenters. The number of fused-ring (bicyclic) bond motifs is 2. The first-order valence-electron chi connectivity index (χ1n) is 9.60. The lowest BCUT2D eigenvalue weighted by Crippen LogP contribution is -2.45. The SMILES string of the molecule is CN=C(NCC(=O)N1CCc2ccccc21)N1CC2CCCCC2C1.I. The van der Waals surface area contributed by atoms with Gasteiger partial charge in [0.15, 0.2) is 5.96 Å². The molecule has 2 heterocycles. The van der Waals surface area contributed by atoms with Crippen LogP contribution in [0.25, 0.3) is 0 Å². The first-order valence-corrected chi connectivity index (χ1v) is 9.60. The molecule has 0 spiro atoms. The number of hydrogen-bond acceptors (Lipinski definition) is 2. The first kappa shape index (κ1) is 19.5. The molecule has 5 nitrogen and oxygen atoms in total. The van der Waals surface area contributed by atoms with Crippen molar-refractivity contribution < 1.29 is 4.79 Å². The number of nitrogens with one attached hydrogen (secondary N) is 1. The average Bonchev–Trinajstić information content (AvgIpc) is 3.26. The fraction of sp³-hybridized carbons (Fsp3) is 0.600. The minimum absolute atomic E-state index is 0. The summed E-state index contributed by atoms with van der Waals surface area (Å²) in [7, 11) is 1.82. The van der Waals surface area contributed by atoms with Gasteiger partial charge in [-0.15, -0.1) is 24.0 Å². The minimum Gasteiger partial charge on any atom is -0.347 e. The van der Waals surface area contributed by atoms with Crippen LogP contribution in [0.4, 0.5) is 5.69 Å². The van der Waals surface area contributed by atoms with E-state index in [0.29, 0.717) is 6.54 Å². The molecule has 4 rings (SSSR count). The summed E-state index contributed by atoms with van der Waals surface area (Å²) in [5.41, 5.74) is 2.33. The second kappa shape index (κ2) is 8.59. The Bertz CT molecular complexity index is 664. The zero-order valence-electron chi connectivity index (χ0n) is 15.5. The second-order valence-electron chi connectivity index (χ2n) is 7.53. The second-order valence-corrected chi connectivity index (χ2v) is 7.53. The van der Waals surface area contributed by atoms with Gasteiger partial charge < -0.3 is 15.1 Å². The average molecular weight is 468 g/mol. The smallest absolute Gasteiger partial charge is 0.246 e. The molecule has 1 aromatic carbocycles. The van der Waals surface area contributed by atoms with Gasteiger partial charge in [-0.2, -0.15) is 0 Å². The van der Waals surface area contributed by atoms with Crippen LogP contribution in [0.1, 0.15) is 31.2 Å². The first-order chi connectivity index (χ1) is 12.3. The standard InChI is InChI=1S/C20H28N4O.HI/c1-21-20(23-13-16-7-2-3-8-17(16)14-23)22-12-19(25)24-11-10-15-6-4-5-9-18(15)24;/h4-6,9,16-17H,2-3,7-8,10-14H2,1H3,(H,21,22);1H. The molecule has 1 saturated carbocycles. The molecule has 2 atom stereocenters. The van der Waals surface area contributed by atoms with Gasteiger partial charge >= 0.3 is 0 Å². The molecular formula is C20H29IN4O. The van der Waals surface area contributed by atoms with Crippen molar-refractivity contribution in [1.29, 1.82) is 0 Å². The summed E-state index contributed by atoms with van der Waals surface area (Å²) in [6, 6.07) is 8.20. The predicted molar refractivity (Wildman–Crippen MR) is 116 cm³/mol. The fourth-order valence-electron chi connectivity index (χ4n) is 4.76. The fourth-order valence-corrected chi connectivity index (χ4v) is 4.76. The van der Waals surface area contributed by atoms with E-state index in [-0.39, 0.29) is 29.9 Å². The lowest BCUT2D eigenvalue weighted by Gasteiger charge is -2.23. The number of para-hydroxylation sites is 1. The third kappa shape index (κ3) is 3.85. The molecule has 2 aliphatic heterocycles. The topological polar surface area (TPSA) is 47.9 Å². The lowest BCUT2D eigenvalue weighted by molar-refractivity contribution is -0.117. The number of guanidine groups is 1. The zero-order chi connectivity index (χ0) is 17.2. The molecule has 1 amide bonds. The van der Waals surface area contributed by atoms with Gasteiger partial charge in [-0.1, -0.05) is 31.0 Å². The van der Waals surface area contributed by atoms with Crippen LogP contribution in [-0.4, -0.2) is 50.0 Å². The Morgan fingerprint density at radius 1 is 1.19 bits per heavy atom. The van der Waals surface area contributed by atoms with Gasteiger partial charge in [0.2, 0.25) is 5.91 Å². The minimum atomic E-state index is 0. The molecule has 1 aliphatic carbocycles. The molecule has 142 valence electrons. The van der Waals surface area contributed by atoms with Crippen LogP contribution in [0.2, 0.25) is 0 Å². The molecule has 0 bridgehead atoms. The molecule has 3 aliphatic rings. The predicted octanol–water partition coefficient (Wildman–Crippen LogP) is 2.89. The Morgan fingerprint density at radius 3 is 2.58 bits per heavy atom. The molecule has 0 aromatic heterocycles. The van der Waals surface area contributed by atoms with Gasteiger partial charge in [-0.05, 0) is 42.7 Å². The zero-order valence-corrected chi connectivity index (χ0v) is 17.8. The Morgan fingerprint density at radius 2 is 1.88 bits per heavy atom. The monoisotopic (exact) mass is 468 g/mol. The molecule has 2 fully saturated rings. The number of halogens is 1. The van der Waals surface area contributed by atoms with Gasteiger partial charge in [0.05, 0.1) is 6.54 Å². The van der Waals surface area contributed by atoms with Gasteiger partial charge in [0, 0.05) is 32.4 Å². The third-order valence-electron chi connectivity index (χ3n) is 6.07. The highest BCUT2D eigenvalue weighted by Crippen LogP contribution is 2.36. The summed E-state index contributed by atoms with van der Waals surface area (Å²) < 4.78 is 0. The maximum atomic E-state index is 12.7. The number of benzene rings is 1. The molecular weight excluding hydrogens is 439 g/mol. The van der Waals surface area contributed by atoms with E-state index in [0.717, 1.165) is 49.5 Å². The number of carbonyl (C=O) groups excluding carboxylic acids is 1. The van der Waals surface area contributed by atoms with Crippen LogP contribution in [0.5, 0.6) is 0 Å². The molecule has 6 heteroatoms. The summed E-state index contributed by atoms with van der Waals surface area (Å²) in [6.45, 7) is 3.27. The van der Waals surface area contributed by atoms with E-state index < -0.39 is 0 Å². The van der Waals surface area contributed by atoms with Crippen molar-refractivity contribution in [1.82, 2.24) is 10.2 Å². The van der Waals surface area contributed by atoms with E-state index in [4.69, 9.17) is 0 Å². The van der Waals surface area contributed by atoms with Crippen molar-refractivity contribution in [2.75, 3.05) is 38.1 Å². The summed E-state index contributed by atoms with van der Waals surface area (Å²) in [5, 5.41) is 3.31. The van der Waals surface area contributed by atoms with Crippen LogP contribution < -0.4 is 10.2 Å². The number of nitrogens with zero attached hydrogens (tertiary/aromatic N) is 3. The number of likely N-dealkylation sites (tertiary alicyclic amines) is 1. The molecule has 0 radical (unpaired) electrons. The van der Waals surface area contributed by atoms with Crippen molar-refractivity contribution in [2.45, 2.75) is 32.1 Å². The van der Waals surface area contributed by atoms with Crippen molar-refractivity contribution >= 4 is 41.5 Å². The highest BCUT2D eigenvalue weighted by Gasteiger charge is 2.35. The molecule has 1 aromatic rings. The number of amides is 1. The summed E-state index contributed by atoms with van der Waals surface area (Å²) in [5.74, 6) is 2.64. The largest absolute Gasteiger partial charge is 0.347 e. The van der Waals surface area contributed by atoms with E-state index in [2.05, 4.69) is 21.3 Å². The summed E-state index contributed by atoms with van der Waals surface area (Å²) >= 11 is 0. The highest BCUT2D eigenvalue weighted by atomic mass is 127. The van der Waals surface area contributed by atoms with Crippen LogP contribution in [0.3, 0.4) is 0 Å². The molecule has 1 saturated heterocycles. The molecule has 26 heavy (non-hydrogen) atoms. The van der Waals surface area contributed by atoms with Gasteiger partial charge in [-0.3, -0.25) is 9.79 Å². The number of aliphatic imine (C=N–C) groups is 1. The van der Waals surface area contributed by atoms with Crippen molar-refractivity contribution in [3.8, 4) is 0 Å². The number of carbonyl (C=O) groups is 1. The highest BCUT2D eigenvalue weighted by molar-refractivity contribution is 14.0. The quantitative estimate of drug-likeness (QED) is 0.413. The third-order valence-corrected chi connectivity index (χ3v) is 6.07. The van der Waals surface area contributed by atoms with Crippen LogP contribution in [-0.2, 0) is 11.2 Å². The van der Waals surface area contributed by atoms with E-state index in [1.807, 2.05) is 30.1 Å². The summed E-state index contributed by atoms with van der Waals surface area (Å²) in [4.78, 5) is 21.4. The van der Waals surface area contributed by atoms with E-state index in [1.165, 1.54) is 31.2 Å². The van der Waals surface area contributed by atoms with Gasteiger partial charge in [-0.25, -0.2) is 0 Å². The Hall–Kier alpha value is -1.31. The van der Waals surface area contributed by atoms with Gasteiger partial charge in [0.25, 0.3) is 0 Å². The van der Waals surface area contributed by atoms with Crippen LogP contribution >= 0.6 is 24.0 Å². The van der Waals surface area contributed by atoms with E-state index in [9.17, 15) is 4.79 Å². The molecule has 1 N–H and O–H groups in total. The normalized spacial score (nSPS) is 24.7. The Kier molecular flexibility index (Phi) is 6.42. The lowest BCUT2D eigenvalue weighted by atomic mass is 9.82. The number of hydrogen-bond donors (Lipinski definition) is 1. The van der Waals surface area contributed by atoms with Crippen molar-refractivity contribution in [2.24, 2.45) is 16.8 Å². The van der Waals surface area contributed by atoms with E-state index in [1.54, 1.807) is 0 Å². The van der Waals surface area contributed by atoms with Crippen LogP contribution in [0.15, 0.2) is 29.3 Å². The van der Waals surface area contributed by atoms with Crippen molar-refractivity contribution in [3.63, 3.8) is 0 Å².